The van der Waals surface area contributed by atoms with Crippen LogP contribution in [0.15, 0.2) is 45.9 Å². The van der Waals surface area contributed by atoms with Gasteiger partial charge in [0, 0.05) is 23.7 Å². The number of hydrogen-bond donors (Lipinski definition) is 0. The SMILES string of the molecule is COCCn1c(=NC(=O)c2ccc(C)c(C)c2)sc2cc(Br)ccc21. The van der Waals surface area contributed by atoms with E-state index in [1.165, 1.54) is 16.9 Å². The number of thiazole rings is 1. The van der Waals surface area contributed by atoms with E-state index in [-0.39, 0.29) is 5.91 Å². The van der Waals surface area contributed by atoms with Crippen molar-refractivity contribution in [3.63, 3.8) is 0 Å². The number of aromatic nitrogens is 1. The van der Waals surface area contributed by atoms with Crippen molar-refractivity contribution in [3.8, 4) is 0 Å². The van der Waals surface area contributed by atoms with E-state index < -0.39 is 0 Å². The van der Waals surface area contributed by atoms with E-state index in [2.05, 4.69) is 20.9 Å². The van der Waals surface area contributed by atoms with Crippen LogP contribution in [0.5, 0.6) is 0 Å². The molecule has 0 saturated heterocycles. The minimum atomic E-state index is -0.222. The Morgan fingerprint density at radius 1 is 1.20 bits per heavy atom. The highest BCUT2D eigenvalue weighted by atomic mass is 79.9. The Morgan fingerprint density at radius 3 is 2.72 bits per heavy atom. The summed E-state index contributed by atoms with van der Waals surface area (Å²) in [7, 11) is 1.67. The summed E-state index contributed by atoms with van der Waals surface area (Å²) < 4.78 is 9.33. The van der Waals surface area contributed by atoms with E-state index in [0.717, 1.165) is 20.3 Å². The van der Waals surface area contributed by atoms with Gasteiger partial charge in [0.05, 0.1) is 16.8 Å². The van der Waals surface area contributed by atoms with Crippen molar-refractivity contribution < 1.29 is 9.53 Å². The van der Waals surface area contributed by atoms with Gasteiger partial charge in [0.1, 0.15) is 0 Å². The minimum Gasteiger partial charge on any atom is -0.383 e. The van der Waals surface area contributed by atoms with Crippen LogP contribution in [0.1, 0.15) is 21.5 Å². The molecule has 0 radical (unpaired) electrons. The number of hydrogen-bond acceptors (Lipinski definition) is 3. The second-order valence-corrected chi connectivity index (χ2v) is 7.78. The van der Waals surface area contributed by atoms with E-state index in [4.69, 9.17) is 4.74 Å². The van der Waals surface area contributed by atoms with Gasteiger partial charge in [-0.05, 0) is 55.3 Å². The van der Waals surface area contributed by atoms with Crippen molar-refractivity contribution in [2.24, 2.45) is 4.99 Å². The molecule has 6 heteroatoms. The Morgan fingerprint density at radius 2 is 2.00 bits per heavy atom. The smallest absolute Gasteiger partial charge is 0.279 e. The van der Waals surface area contributed by atoms with E-state index in [1.807, 2.05) is 54.8 Å². The van der Waals surface area contributed by atoms with Crippen LogP contribution in [-0.2, 0) is 11.3 Å². The molecule has 0 aliphatic carbocycles. The molecule has 25 heavy (non-hydrogen) atoms. The average Bonchev–Trinajstić information content (AvgIpc) is 2.91. The second kappa shape index (κ2) is 7.64. The third-order valence-corrected chi connectivity index (χ3v) is 5.65. The Bertz CT molecular complexity index is 1000. The number of halogens is 1. The fourth-order valence-corrected chi connectivity index (χ4v) is 4.16. The predicted octanol–water partition coefficient (Wildman–Crippen LogP) is 4.47. The quantitative estimate of drug-likeness (QED) is 0.627. The van der Waals surface area contributed by atoms with Gasteiger partial charge in [-0.25, -0.2) is 0 Å². The molecule has 0 unspecified atom stereocenters. The van der Waals surface area contributed by atoms with Crippen LogP contribution in [0.2, 0.25) is 0 Å². The molecule has 1 aromatic heterocycles. The number of nitrogens with zero attached hydrogens (tertiary/aromatic N) is 2. The van der Waals surface area contributed by atoms with Crippen molar-refractivity contribution in [2.45, 2.75) is 20.4 Å². The van der Waals surface area contributed by atoms with Crippen molar-refractivity contribution in [1.82, 2.24) is 4.57 Å². The molecule has 0 aliphatic heterocycles. The summed E-state index contributed by atoms with van der Waals surface area (Å²) in [6.07, 6.45) is 0. The van der Waals surface area contributed by atoms with Gasteiger partial charge in [0.2, 0.25) is 0 Å². The van der Waals surface area contributed by atoms with E-state index in [1.54, 1.807) is 7.11 Å². The molecule has 1 heterocycles. The summed E-state index contributed by atoms with van der Waals surface area (Å²) in [5, 5.41) is 0. The van der Waals surface area contributed by atoms with Gasteiger partial charge in [-0.2, -0.15) is 4.99 Å². The van der Waals surface area contributed by atoms with Gasteiger partial charge in [-0.3, -0.25) is 4.79 Å². The molecule has 2 aromatic carbocycles. The van der Waals surface area contributed by atoms with Crippen LogP contribution in [0.4, 0.5) is 0 Å². The average molecular weight is 419 g/mol. The second-order valence-electron chi connectivity index (χ2n) is 5.86. The molecule has 0 saturated carbocycles. The van der Waals surface area contributed by atoms with Gasteiger partial charge >= 0.3 is 0 Å². The summed E-state index contributed by atoms with van der Waals surface area (Å²) in [5.41, 5.74) is 3.92. The Hall–Kier alpha value is -1.76. The molecular weight excluding hydrogens is 400 g/mol. The number of amides is 1. The molecule has 0 aliphatic rings. The van der Waals surface area contributed by atoms with E-state index in [0.29, 0.717) is 23.5 Å². The first-order chi connectivity index (χ1) is 12.0. The first kappa shape index (κ1) is 18.0. The Labute approximate surface area is 158 Å². The summed E-state index contributed by atoms with van der Waals surface area (Å²) in [4.78, 5) is 17.7. The summed E-state index contributed by atoms with van der Waals surface area (Å²) >= 11 is 5.01. The van der Waals surface area contributed by atoms with Crippen LogP contribution < -0.4 is 4.80 Å². The van der Waals surface area contributed by atoms with Crippen LogP contribution in [0.25, 0.3) is 10.2 Å². The minimum absolute atomic E-state index is 0.222. The fourth-order valence-electron chi connectivity index (χ4n) is 2.56. The number of fused-ring (bicyclic) bond motifs is 1. The first-order valence-corrected chi connectivity index (χ1v) is 9.54. The molecule has 4 nitrogen and oxygen atoms in total. The van der Waals surface area contributed by atoms with Crippen molar-refractivity contribution >= 4 is 43.4 Å². The van der Waals surface area contributed by atoms with Crippen LogP contribution in [0, 0.1) is 13.8 Å². The lowest BCUT2D eigenvalue weighted by molar-refractivity contribution is 0.0997. The van der Waals surface area contributed by atoms with Gasteiger partial charge in [0.15, 0.2) is 4.80 Å². The molecule has 3 aromatic rings. The third kappa shape index (κ3) is 3.92. The molecule has 0 bridgehead atoms. The van der Waals surface area contributed by atoms with Crippen LogP contribution in [0.3, 0.4) is 0 Å². The number of ether oxygens (including phenoxy) is 1. The van der Waals surface area contributed by atoms with Crippen molar-refractivity contribution in [3.05, 3.63) is 62.4 Å². The molecule has 1 amide bonds. The highest BCUT2D eigenvalue weighted by molar-refractivity contribution is 9.10. The summed E-state index contributed by atoms with van der Waals surface area (Å²) in [6, 6.07) is 11.8. The number of rotatable bonds is 4. The maximum atomic E-state index is 12.6. The predicted molar refractivity (Wildman–Crippen MR) is 105 cm³/mol. The highest BCUT2D eigenvalue weighted by Gasteiger charge is 2.10. The maximum Gasteiger partial charge on any atom is 0.279 e. The zero-order chi connectivity index (χ0) is 18.0. The molecule has 130 valence electrons. The molecule has 0 spiro atoms. The zero-order valence-corrected chi connectivity index (χ0v) is 16.8. The van der Waals surface area contributed by atoms with Gasteiger partial charge in [0.25, 0.3) is 5.91 Å². The molecule has 3 rings (SSSR count). The lowest BCUT2D eigenvalue weighted by atomic mass is 10.1. The molecular formula is C19H19BrN2O2S. The Balaban J connectivity index is 2.10. The zero-order valence-electron chi connectivity index (χ0n) is 14.4. The first-order valence-electron chi connectivity index (χ1n) is 7.94. The van der Waals surface area contributed by atoms with E-state index in [9.17, 15) is 4.79 Å². The monoisotopic (exact) mass is 418 g/mol. The molecule has 0 N–H and O–H groups in total. The van der Waals surface area contributed by atoms with Gasteiger partial charge in [-0.15, -0.1) is 0 Å². The fraction of sp³-hybridized carbons (Fsp3) is 0.263. The highest BCUT2D eigenvalue weighted by Crippen LogP contribution is 2.22. The number of carbonyl (C=O) groups excluding carboxylic acids is 1. The summed E-state index contributed by atoms with van der Waals surface area (Å²) in [5.74, 6) is -0.222. The third-order valence-electron chi connectivity index (χ3n) is 4.11. The van der Waals surface area contributed by atoms with Crippen LogP contribution in [-0.4, -0.2) is 24.2 Å². The number of benzene rings is 2. The summed E-state index contributed by atoms with van der Waals surface area (Å²) in [6.45, 7) is 5.25. The van der Waals surface area contributed by atoms with E-state index >= 15 is 0 Å². The molecule has 0 fully saturated rings. The lowest BCUT2D eigenvalue weighted by Crippen LogP contribution is -2.19. The largest absolute Gasteiger partial charge is 0.383 e. The molecule has 0 atom stereocenters. The number of methoxy groups -OCH3 is 1. The van der Waals surface area contributed by atoms with Crippen LogP contribution >= 0.6 is 27.3 Å². The standard InChI is InChI=1S/C19H19BrN2O2S/c1-12-4-5-14(10-13(12)2)18(23)21-19-22(8-9-24-3)16-7-6-15(20)11-17(16)25-19/h4-7,10-11H,8-9H2,1-3H3. The maximum absolute atomic E-state index is 12.6. The van der Waals surface area contributed by atoms with Crippen molar-refractivity contribution in [1.29, 1.82) is 0 Å². The van der Waals surface area contributed by atoms with Gasteiger partial charge < -0.3 is 9.30 Å². The van der Waals surface area contributed by atoms with Gasteiger partial charge in [-0.1, -0.05) is 33.3 Å². The Kier molecular flexibility index (Phi) is 5.51. The lowest BCUT2D eigenvalue weighted by Gasteiger charge is -2.04. The number of carbonyl (C=O) groups is 1. The normalized spacial score (nSPS) is 12.1. The topological polar surface area (TPSA) is 43.6 Å². The van der Waals surface area contributed by atoms with Crippen molar-refractivity contribution in [2.75, 3.05) is 13.7 Å². The number of aryl methyl sites for hydroxylation is 2.